The zero-order chi connectivity index (χ0) is 18.3. The van der Waals surface area contributed by atoms with Gasteiger partial charge >= 0.3 is 0 Å². The molecule has 0 aromatic heterocycles. The molecule has 1 aliphatic heterocycles. The van der Waals surface area contributed by atoms with E-state index in [4.69, 9.17) is 0 Å². The Morgan fingerprint density at radius 1 is 1.31 bits per heavy atom. The number of thioether (sulfide) groups is 1. The molecule has 2 rings (SSSR count). The second-order valence-electron chi connectivity index (χ2n) is 6.28. The molecule has 1 fully saturated rings. The van der Waals surface area contributed by atoms with Crippen LogP contribution in [-0.4, -0.2) is 63.5 Å². The summed E-state index contributed by atoms with van der Waals surface area (Å²) in [4.78, 5) is 6.88. The molecule has 148 valence electrons. The minimum Gasteiger partial charge on any atom is -0.355 e. The SMILES string of the molecule is CN=C(NCCNS(=O)(=O)c1ccccc1)N1CCSC(C(C)C)C1.I. The van der Waals surface area contributed by atoms with Gasteiger partial charge in [-0.05, 0) is 18.1 Å². The predicted molar refractivity (Wildman–Crippen MR) is 121 cm³/mol. The van der Waals surface area contributed by atoms with Gasteiger partial charge in [0.1, 0.15) is 0 Å². The Kier molecular flexibility index (Phi) is 10.3. The van der Waals surface area contributed by atoms with Crippen molar-refractivity contribution in [3.05, 3.63) is 30.3 Å². The quantitative estimate of drug-likeness (QED) is 0.265. The highest BCUT2D eigenvalue weighted by molar-refractivity contribution is 14.0. The monoisotopic (exact) mass is 512 g/mol. The van der Waals surface area contributed by atoms with Gasteiger partial charge in [0.15, 0.2) is 5.96 Å². The van der Waals surface area contributed by atoms with Crippen molar-refractivity contribution in [3.63, 3.8) is 0 Å². The van der Waals surface area contributed by atoms with Crippen LogP contribution in [-0.2, 0) is 10.0 Å². The highest BCUT2D eigenvalue weighted by atomic mass is 127. The lowest BCUT2D eigenvalue weighted by Crippen LogP contribution is -2.50. The Morgan fingerprint density at radius 3 is 2.62 bits per heavy atom. The smallest absolute Gasteiger partial charge is 0.240 e. The van der Waals surface area contributed by atoms with E-state index in [0.717, 1.165) is 24.8 Å². The summed E-state index contributed by atoms with van der Waals surface area (Å²) >= 11 is 2.02. The maximum absolute atomic E-state index is 12.2. The third-order valence-electron chi connectivity index (χ3n) is 4.10. The number of hydrogen-bond acceptors (Lipinski definition) is 4. The number of rotatable bonds is 6. The molecule has 1 aliphatic rings. The number of hydrogen-bond donors (Lipinski definition) is 2. The summed E-state index contributed by atoms with van der Waals surface area (Å²) in [5.41, 5.74) is 0. The van der Waals surface area contributed by atoms with Crippen LogP contribution in [0.4, 0.5) is 0 Å². The highest BCUT2D eigenvalue weighted by Crippen LogP contribution is 2.24. The molecule has 0 bridgehead atoms. The van der Waals surface area contributed by atoms with E-state index in [9.17, 15) is 8.42 Å². The number of benzene rings is 1. The maximum atomic E-state index is 12.2. The van der Waals surface area contributed by atoms with Gasteiger partial charge in [0, 0.05) is 44.2 Å². The van der Waals surface area contributed by atoms with Crippen molar-refractivity contribution in [3.8, 4) is 0 Å². The predicted octanol–water partition coefficient (Wildman–Crippen LogP) is 2.23. The Bertz CT molecular complexity index is 669. The van der Waals surface area contributed by atoms with Crippen LogP contribution in [0.25, 0.3) is 0 Å². The summed E-state index contributed by atoms with van der Waals surface area (Å²) in [5.74, 6) is 2.55. The number of nitrogens with one attached hydrogen (secondary N) is 2. The molecule has 1 heterocycles. The van der Waals surface area contributed by atoms with E-state index in [1.165, 1.54) is 0 Å². The number of nitrogens with zero attached hydrogens (tertiary/aromatic N) is 2. The fraction of sp³-hybridized carbons (Fsp3) is 0.588. The lowest BCUT2D eigenvalue weighted by atomic mass is 10.1. The molecule has 1 aromatic carbocycles. The molecular formula is C17H29IN4O2S2. The Hall–Kier alpha value is -0.520. The number of sulfonamides is 1. The van der Waals surface area contributed by atoms with Crippen LogP contribution in [0.1, 0.15) is 13.8 Å². The summed E-state index contributed by atoms with van der Waals surface area (Å²) in [6.45, 7) is 7.23. The summed E-state index contributed by atoms with van der Waals surface area (Å²) in [6.07, 6.45) is 0. The standard InChI is InChI=1S/C17H28N4O2S2.HI/c1-14(2)16-13-21(11-12-24-16)17(18-3)19-9-10-20-25(22,23)15-7-5-4-6-8-15;/h4-8,14,16,20H,9-13H2,1-3H3,(H,18,19);1H. The van der Waals surface area contributed by atoms with Gasteiger partial charge in [-0.2, -0.15) is 11.8 Å². The second-order valence-corrected chi connectivity index (χ2v) is 9.40. The molecule has 0 saturated carbocycles. The van der Waals surface area contributed by atoms with Gasteiger partial charge in [-0.15, -0.1) is 24.0 Å². The normalized spacial score (nSPS) is 18.5. The van der Waals surface area contributed by atoms with Crippen molar-refractivity contribution in [2.45, 2.75) is 24.0 Å². The molecule has 1 saturated heterocycles. The van der Waals surface area contributed by atoms with E-state index in [-0.39, 0.29) is 28.9 Å². The van der Waals surface area contributed by atoms with Gasteiger partial charge in [-0.25, -0.2) is 13.1 Å². The summed E-state index contributed by atoms with van der Waals surface area (Å²) < 4.78 is 27.0. The largest absolute Gasteiger partial charge is 0.355 e. The van der Waals surface area contributed by atoms with Crippen LogP contribution in [0.5, 0.6) is 0 Å². The van der Waals surface area contributed by atoms with Gasteiger partial charge in [0.2, 0.25) is 10.0 Å². The lowest BCUT2D eigenvalue weighted by Gasteiger charge is -2.36. The van der Waals surface area contributed by atoms with E-state index < -0.39 is 10.0 Å². The second kappa shape index (κ2) is 11.4. The Balaban J connectivity index is 0.00000338. The van der Waals surface area contributed by atoms with Crippen LogP contribution in [0.2, 0.25) is 0 Å². The first-order valence-electron chi connectivity index (χ1n) is 8.56. The molecule has 6 nitrogen and oxygen atoms in total. The maximum Gasteiger partial charge on any atom is 0.240 e. The zero-order valence-electron chi connectivity index (χ0n) is 15.5. The zero-order valence-corrected chi connectivity index (χ0v) is 19.5. The Morgan fingerprint density at radius 2 is 2.00 bits per heavy atom. The van der Waals surface area contributed by atoms with Gasteiger partial charge in [-0.1, -0.05) is 32.0 Å². The minimum atomic E-state index is -3.46. The van der Waals surface area contributed by atoms with E-state index >= 15 is 0 Å². The van der Waals surface area contributed by atoms with Crippen LogP contribution in [0.15, 0.2) is 40.2 Å². The molecule has 0 amide bonds. The van der Waals surface area contributed by atoms with E-state index in [1.54, 1.807) is 37.4 Å². The molecule has 1 unspecified atom stereocenters. The lowest BCUT2D eigenvalue weighted by molar-refractivity contribution is 0.381. The van der Waals surface area contributed by atoms with Crippen molar-refractivity contribution >= 4 is 51.7 Å². The number of halogens is 1. The number of aliphatic imine (C=N–C) groups is 1. The van der Waals surface area contributed by atoms with Gasteiger partial charge in [0.05, 0.1) is 4.90 Å². The third kappa shape index (κ3) is 6.90. The van der Waals surface area contributed by atoms with E-state index in [0.29, 0.717) is 24.3 Å². The molecule has 9 heteroatoms. The fourth-order valence-electron chi connectivity index (χ4n) is 2.65. The molecule has 0 spiro atoms. The molecule has 1 aromatic rings. The molecule has 26 heavy (non-hydrogen) atoms. The van der Waals surface area contributed by atoms with E-state index in [2.05, 4.69) is 33.8 Å². The number of guanidine groups is 1. The van der Waals surface area contributed by atoms with Gasteiger partial charge in [0.25, 0.3) is 0 Å². The van der Waals surface area contributed by atoms with Crippen molar-refractivity contribution in [2.75, 3.05) is 39.0 Å². The summed E-state index contributed by atoms with van der Waals surface area (Å²) in [6, 6.07) is 8.41. The minimum absolute atomic E-state index is 0. The van der Waals surface area contributed by atoms with Crippen molar-refractivity contribution in [2.24, 2.45) is 10.9 Å². The van der Waals surface area contributed by atoms with Crippen LogP contribution < -0.4 is 10.0 Å². The van der Waals surface area contributed by atoms with Crippen molar-refractivity contribution in [1.82, 2.24) is 14.9 Å². The van der Waals surface area contributed by atoms with Gasteiger partial charge < -0.3 is 10.2 Å². The first kappa shape index (κ1) is 23.5. The van der Waals surface area contributed by atoms with Crippen LogP contribution in [0.3, 0.4) is 0 Å². The summed E-state index contributed by atoms with van der Waals surface area (Å²) in [7, 11) is -1.69. The molecular weight excluding hydrogens is 483 g/mol. The molecule has 0 aliphatic carbocycles. The first-order chi connectivity index (χ1) is 11.9. The van der Waals surface area contributed by atoms with Crippen LogP contribution >= 0.6 is 35.7 Å². The summed E-state index contributed by atoms with van der Waals surface area (Å²) in [5, 5.41) is 3.86. The first-order valence-corrected chi connectivity index (χ1v) is 11.1. The molecule has 1 atom stereocenters. The molecule has 2 N–H and O–H groups in total. The van der Waals surface area contributed by atoms with Gasteiger partial charge in [-0.3, -0.25) is 4.99 Å². The third-order valence-corrected chi connectivity index (χ3v) is 7.12. The van der Waals surface area contributed by atoms with Crippen LogP contribution in [0, 0.1) is 5.92 Å². The van der Waals surface area contributed by atoms with E-state index in [1.807, 2.05) is 11.8 Å². The topological polar surface area (TPSA) is 73.8 Å². The molecule has 0 radical (unpaired) electrons. The fourth-order valence-corrected chi connectivity index (χ4v) is 5.00. The highest BCUT2D eigenvalue weighted by Gasteiger charge is 2.24. The Labute approximate surface area is 178 Å². The van der Waals surface area contributed by atoms with Crippen molar-refractivity contribution < 1.29 is 8.42 Å². The van der Waals surface area contributed by atoms with Crippen molar-refractivity contribution in [1.29, 1.82) is 0 Å². The average molecular weight is 512 g/mol. The average Bonchev–Trinajstić information content (AvgIpc) is 2.62.